The number of ether oxygens (including phenoxy) is 1. The number of carbonyl (C=O) groups excluding carboxylic acids is 1. The van der Waals surface area contributed by atoms with E-state index in [0.717, 1.165) is 61.6 Å². The average Bonchev–Trinajstić information content (AvgIpc) is 3.29. The highest BCUT2D eigenvalue weighted by atomic mass is 35.5. The van der Waals surface area contributed by atoms with Crippen LogP contribution in [0.15, 0.2) is 42.5 Å². The van der Waals surface area contributed by atoms with Crippen molar-refractivity contribution < 1.29 is 9.53 Å². The van der Waals surface area contributed by atoms with Gasteiger partial charge in [0.05, 0.1) is 12.0 Å². The number of nitrogens with one attached hydrogen (secondary N) is 1. The zero-order valence-electron chi connectivity index (χ0n) is 19.4. The van der Waals surface area contributed by atoms with E-state index >= 15 is 0 Å². The molecule has 1 saturated heterocycles. The molecule has 2 fully saturated rings. The molecule has 1 saturated carbocycles. The molecule has 178 valence electrons. The molecule has 6 heteroatoms. The quantitative estimate of drug-likeness (QED) is 0.408. The van der Waals surface area contributed by atoms with Crippen LogP contribution in [0.5, 0.6) is 5.75 Å². The number of hydrogen-bond donors (Lipinski definition) is 1. The minimum absolute atomic E-state index is 0.00588. The van der Waals surface area contributed by atoms with E-state index in [2.05, 4.69) is 17.1 Å². The standard InChI is InChI=1S/C27H34Cl2N2O2/c1-20-6-4-15-31(19-20)16-5-17-33-23-10-8-22(9-11-23)30-26(32)27(13-2-3-14-27)24-12-7-21(28)18-25(24)29/h7-12,18,20H,2-6,13-17,19H2,1H3,(H,30,32). The van der Waals surface area contributed by atoms with Gasteiger partial charge in [0.15, 0.2) is 0 Å². The van der Waals surface area contributed by atoms with Crippen molar-refractivity contribution in [2.45, 2.75) is 57.3 Å². The molecule has 1 aliphatic heterocycles. The first-order chi connectivity index (χ1) is 16.0. The maximum atomic E-state index is 13.4. The van der Waals surface area contributed by atoms with Crippen LogP contribution < -0.4 is 10.1 Å². The smallest absolute Gasteiger partial charge is 0.235 e. The molecule has 2 aromatic rings. The summed E-state index contributed by atoms with van der Waals surface area (Å²) in [4.78, 5) is 15.9. The van der Waals surface area contributed by atoms with E-state index in [1.54, 1.807) is 6.07 Å². The largest absolute Gasteiger partial charge is 0.494 e. The monoisotopic (exact) mass is 488 g/mol. The highest BCUT2D eigenvalue weighted by molar-refractivity contribution is 6.35. The van der Waals surface area contributed by atoms with Crippen molar-refractivity contribution in [2.75, 3.05) is 31.6 Å². The molecule has 1 aliphatic carbocycles. The maximum absolute atomic E-state index is 13.4. The van der Waals surface area contributed by atoms with E-state index in [-0.39, 0.29) is 5.91 Å². The molecule has 1 amide bonds. The fourth-order valence-electron chi connectivity index (χ4n) is 5.33. The number of halogens is 2. The van der Waals surface area contributed by atoms with Gasteiger partial charge in [-0.1, -0.05) is 49.0 Å². The van der Waals surface area contributed by atoms with Crippen molar-refractivity contribution in [3.05, 3.63) is 58.1 Å². The Labute approximate surface area is 207 Å². The van der Waals surface area contributed by atoms with Gasteiger partial charge in [-0.15, -0.1) is 0 Å². The molecule has 4 nitrogen and oxygen atoms in total. The lowest BCUT2D eigenvalue weighted by Crippen LogP contribution is -2.38. The molecule has 33 heavy (non-hydrogen) atoms. The van der Waals surface area contributed by atoms with Crippen LogP contribution >= 0.6 is 23.2 Å². The number of nitrogens with zero attached hydrogens (tertiary/aromatic N) is 1. The lowest BCUT2D eigenvalue weighted by molar-refractivity contribution is -0.121. The Balaban J connectivity index is 1.31. The summed E-state index contributed by atoms with van der Waals surface area (Å²) in [5, 5.41) is 4.25. The highest BCUT2D eigenvalue weighted by Crippen LogP contribution is 2.45. The van der Waals surface area contributed by atoms with Crippen molar-refractivity contribution in [1.29, 1.82) is 0 Å². The zero-order chi connectivity index (χ0) is 23.3. The average molecular weight is 489 g/mol. The maximum Gasteiger partial charge on any atom is 0.235 e. The van der Waals surface area contributed by atoms with Crippen molar-refractivity contribution in [3.8, 4) is 5.75 Å². The van der Waals surface area contributed by atoms with Gasteiger partial charge in [-0.2, -0.15) is 0 Å². The van der Waals surface area contributed by atoms with Crippen LogP contribution in [0.4, 0.5) is 5.69 Å². The predicted molar refractivity (Wildman–Crippen MR) is 137 cm³/mol. The minimum Gasteiger partial charge on any atom is -0.494 e. The molecule has 1 heterocycles. The van der Waals surface area contributed by atoms with Gasteiger partial charge in [-0.25, -0.2) is 0 Å². The minimum atomic E-state index is -0.608. The van der Waals surface area contributed by atoms with Crippen molar-refractivity contribution in [2.24, 2.45) is 5.92 Å². The second kappa shape index (κ2) is 11.1. The summed E-state index contributed by atoms with van der Waals surface area (Å²) >= 11 is 12.6. The molecule has 2 aromatic carbocycles. The Morgan fingerprint density at radius 2 is 1.88 bits per heavy atom. The highest BCUT2D eigenvalue weighted by Gasteiger charge is 2.44. The second-order valence-corrected chi connectivity index (χ2v) is 10.5. The van der Waals surface area contributed by atoms with Gasteiger partial charge in [0.1, 0.15) is 5.75 Å². The van der Waals surface area contributed by atoms with Crippen molar-refractivity contribution in [1.82, 2.24) is 4.90 Å². The lowest BCUT2D eigenvalue weighted by atomic mass is 9.78. The Morgan fingerprint density at radius 1 is 1.12 bits per heavy atom. The fraction of sp³-hybridized carbons (Fsp3) is 0.519. The van der Waals surface area contributed by atoms with E-state index in [4.69, 9.17) is 27.9 Å². The van der Waals surface area contributed by atoms with E-state index in [1.807, 2.05) is 36.4 Å². The topological polar surface area (TPSA) is 41.6 Å². The molecular formula is C27H34Cl2N2O2. The summed E-state index contributed by atoms with van der Waals surface area (Å²) in [6, 6.07) is 13.1. The molecule has 1 unspecified atom stereocenters. The molecule has 4 rings (SSSR count). The lowest BCUT2D eigenvalue weighted by Gasteiger charge is -2.30. The third-order valence-electron chi connectivity index (χ3n) is 7.08. The van der Waals surface area contributed by atoms with Crippen LogP contribution in [0.3, 0.4) is 0 Å². The SMILES string of the molecule is CC1CCCN(CCCOc2ccc(NC(=O)C3(c4ccc(Cl)cc4Cl)CCCC3)cc2)C1. The molecule has 0 bridgehead atoms. The molecular weight excluding hydrogens is 455 g/mol. The zero-order valence-corrected chi connectivity index (χ0v) is 20.9. The van der Waals surface area contributed by atoms with Crippen LogP contribution in [0.1, 0.15) is 57.4 Å². The van der Waals surface area contributed by atoms with Gasteiger partial charge in [-0.05, 0) is 86.5 Å². The summed E-state index contributed by atoms with van der Waals surface area (Å²) in [6.07, 6.45) is 7.28. The van der Waals surface area contributed by atoms with Crippen LogP contribution in [-0.4, -0.2) is 37.0 Å². The van der Waals surface area contributed by atoms with Gasteiger partial charge in [-0.3, -0.25) is 4.79 Å². The van der Waals surface area contributed by atoms with Crippen LogP contribution in [0.2, 0.25) is 10.0 Å². The van der Waals surface area contributed by atoms with Gasteiger partial charge in [0, 0.05) is 28.8 Å². The molecule has 1 N–H and O–H groups in total. The fourth-order valence-corrected chi connectivity index (χ4v) is 5.92. The first kappa shape index (κ1) is 24.4. The summed E-state index contributed by atoms with van der Waals surface area (Å²) in [6.45, 7) is 6.54. The Bertz CT molecular complexity index is 942. The van der Waals surface area contributed by atoms with E-state index < -0.39 is 5.41 Å². The van der Waals surface area contributed by atoms with E-state index in [1.165, 1.54) is 25.9 Å². The molecule has 0 aromatic heterocycles. The normalized spacial score (nSPS) is 20.5. The van der Waals surface area contributed by atoms with Crippen LogP contribution in [0.25, 0.3) is 0 Å². The second-order valence-electron chi connectivity index (χ2n) is 9.64. The Morgan fingerprint density at radius 3 is 2.58 bits per heavy atom. The molecule has 0 spiro atoms. The number of carbonyl (C=O) groups is 1. The number of hydrogen-bond acceptors (Lipinski definition) is 3. The summed E-state index contributed by atoms with van der Waals surface area (Å²) in [5.41, 5.74) is 1.03. The number of likely N-dealkylation sites (tertiary alicyclic amines) is 1. The van der Waals surface area contributed by atoms with Gasteiger partial charge < -0.3 is 15.0 Å². The van der Waals surface area contributed by atoms with Crippen LogP contribution in [0, 0.1) is 5.92 Å². The van der Waals surface area contributed by atoms with E-state index in [0.29, 0.717) is 16.7 Å². The van der Waals surface area contributed by atoms with Crippen molar-refractivity contribution >= 4 is 34.8 Å². The first-order valence-corrected chi connectivity index (χ1v) is 12.9. The van der Waals surface area contributed by atoms with Gasteiger partial charge in [0.2, 0.25) is 5.91 Å². The van der Waals surface area contributed by atoms with E-state index in [9.17, 15) is 4.79 Å². The molecule has 1 atom stereocenters. The van der Waals surface area contributed by atoms with Gasteiger partial charge in [0.25, 0.3) is 0 Å². The third kappa shape index (κ3) is 6.03. The predicted octanol–water partition coefficient (Wildman–Crippen LogP) is 6.94. The Kier molecular flexibility index (Phi) is 8.21. The number of anilines is 1. The third-order valence-corrected chi connectivity index (χ3v) is 7.63. The number of benzene rings is 2. The summed E-state index contributed by atoms with van der Waals surface area (Å²) in [7, 11) is 0. The molecule has 0 radical (unpaired) electrons. The van der Waals surface area contributed by atoms with Gasteiger partial charge >= 0.3 is 0 Å². The molecule has 2 aliphatic rings. The van der Waals surface area contributed by atoms with Crippen molar-refractivity contribution in [3.63, 3.8) is 0 Å². The summed E-state index contributed by atoms with van der Waals surface area (Å²) in [5.74, 6) is 1.63. The van der Waals surface area contributed by atoms with Crippen LogP contribution in [-0.2, 0) is 10.2 Å². The Hall–Kier alpha value is -1.75. The first-order valence-electron chi connectivity index (χ1n) is 12.2. The number of rotatable bonds is 8. The number of piperidine rings is 1. The number of amides is 1. The summed E-state index contributed by atoms with van der Waals surface area (Å²) < 4.78 is 5.93.